The minimum Gasteiger partial charge on any atom is -0.323 e. The zero-order valence-electron chi connectivity index (χ0n) is 13.8. The number of anilines is 1. The number of nitrogens with one attached hydrogen (secondary N) is 1. The lowest BCUT2D eigenvalue weighted by atomic mass is 10.1. The summed E-state index contributed by atoms with van der Waals surface area (Å²) in [6.07, 6.45) is -4.61. The van der Waals surface area contributed by atoms with E-state index in [4.69, 9.17) is 11.6 Å². The highest BCUT2D eigenvalue weighted by Crippen LogP contribution is 2.34. The molecule has 0 radical (unpaired) electrons. The predicted octanol–water partition coefficient (Wildman–Crippen LogP) is 3.98. The largest absolute Gasteiger partial charge is 0.416 e. The molecule has 0 bridgehead atoms. The van der Waals surface area contributed by atoms with E-state index >= 15 is 0 Å². The van der Waals surface area contributed by atoms with Crippen LogP contribution in [0.4, 0.5) is 18.9 Å². The average molecular weight is 397 g/mol. The van der Waals surface area contributed by atoms with Crippen molar-refractivity contribution in [2.24, 2.45) is 0 Å². The van der Waals surface area contributed by atoms with Gasteiger partial charge in [0.2, 0.25) is 5.91 Å². The summed E-state index contributed by atoms with van der Waals surface area (Å²) >= 11 is 5.86. The molecule has 1 unspecified atom stereocenters. The Balaban J connectivity index is 1.84. The van der Waals surface area contributed by atoms with Crippen molar-refractivity contribution in [2.45, 2.75) is 19.1 Å². The fourth-order valence-corrected chi connectivity index (χ4v) is 2.88. The molecule has 0 aromatic heterocycles. The molecule has 0 saturated carbocycles. The van der Waals surface area contributed by atoms with Gasteiger partial charge in [0.15, 0.2) is 0 Å². The molecule has 1 atom stereocenters. The Bertz CT molecular complexity index is 924. The van der Waals surface area contributed by atoms with Gasteiger partial charge in [-0.1, -0.05) is 23.7 Å². The lowest BCUT2D eigenvalue weighted by Gasteiger charge is -2.22. The van der Waals surface area contributed by atoms with Gasteiger partial charge in [-0.3, -0.25) is 19.3 Å². The van der Waals surface area contributed by atoms with Gasteiger partial charge in [-0.05, 0) is 37.3 Å². The van der Waals surface area contributed by atoms with Crippen LogP contribution in [0.1, 0.15) is 33.2 Å². The summed E-state index contributed by atoms with van der Waals surface area (Å²) in [5.41, 5.74) is -0.922. The third-order valence-electron chi connectivity index (χ3n) is 4.14. The van der Waals surface area contributed by atoms with E-state index in [0.29, 0.717) is 6.07 Å². The highest BCUT2D eigenvalue weighted by Gasteiger charge is 2.40. The molecular formula is C18H12ClF3N2O3. The van der Waals surface area contributed by atoms with E-state index in [0.717, 1.165) is 17.0 Å². The second-order valence-corrected chi connectivity index (χ2v) is 6.29. The van der Waals surface area contributed by atoms with Crippen LogP contribution in [0.2, 0.25) is 5.02 Å². The van der Waals surface area contributed by atoms with Crippen LogP contribution in [0.5, 0.6) is 0 Å². The van der Waals surface area contributed by atoms with Gasteiger partial charge < -0.3 is 5.32 Å². The summed E-state index contributed by atoms with van der Waals surface area (Å²) < 4.78 is 38.5. The first kappa shape index (κ1) is 18.9. The van der Waals surface area contributed by atoms with Crippen molar-refractivity contribution in [1.82, 2.24) is 4.90 Å². The van der Waals surface area contributed by atoms with Gasteiger partial charge in [0.05, 0.1) is 27.4 Å². The van der Waals surface area contributed by atoms with Crippen LogP contribution in [0.25, 0.3) is 0 Å². The normalized spacial score (nSPS) is 14.9. The quantitative estimate of drug-likeness (QED) is 0.798. The van der Waals surface area contributed by atoms with Crippen LogP contribution >= 0.6 is 11.6 Å². The van der Waals surface area contributed by atoms with Crippen molar-refractivity contribution in [3.8, 4) is 0 Å². The van der Waals surface area contributed by atoms with Gasteiger partial charge in [-0.15, -0.1) is 0 Å². The molecule has 2 aromatic carbocycles. The van der Waals surface area contributed by atoms with E-state index in [1.165, 1.54) is 19.1 Å². The summed E-state index contributed by atoms with van der Waals surface area (Å²) in [5.74, 6) is -2.13. The maximum Gasteiger partial charge on any atom is 0.416 e. The molecule has 9 heteroatoms. The topological polar surface area (TPSA) is 66.5 Å². The van der Waals surface area contributed by atoms with Gasteiger partial charge in [0, 0.05) is 0 Å². The van der Waals surface area contributed by atoms with Crippen LogP contribution in [0, 0.1) is 0 Å². The van der Waals surface area contributed by atoms with E-state index in [2.05, 4.69) is 5.32 Å². The van der Waals surface area contributed by atoms with Gasteiger partial charge in [0.1, 0.15) is 6.04 Å². The summed E-state index contributed by atoms with van der Waals surface area (Å²) in [5, 5.41) is 2.14. The summed E-state index contributed by atoms with van der Waals surface area (Å²) in [6, 6.07) is 7.32. The first-order valence-electron chi connectivity index (χ1n) is 7.76. The Kier molecular flexibility index (Phi) is 4.69. The third-order valence-corrected chi connectivity index (χ3v) is 4.47. The number of hydrogen-bond acceptors (Lipinski definition) is 3. The molecule has 0 fully saturated rings. The standard InChI is InChI=1S/C18H12ClF3N2O3/c1-9(24-16(26)11-4-2-3-5-12(11)17(24)27)15(25)23-14-8-10(18(20,21)22)6-7-13(14)19/h2-9H,1H3,(H,23,25). The van der Waals surface area contributed by atoms with Crippen molar-refractivity contribution in [3.05, 3.63) is 64.2 Å². The van der Waals surface area contributed by atoms with E-state index in [9.17, 15) is 27.6 Å². The molecule has 0 saturated heterocycles. The fraction of sp³-hybridized carbons (Fsp3) is 0.167. The maximum absolute atomic E-state index is 12.8. The number of nitrogens with zero attached hydrogens (tertiary/aromatic N) is 1. The molecule has 0 spiro atoms. The Morgan fingerprint density at radius 3 is 2.15 bits per heavy atom. The van der Waals surface area contributed by atoms with Crippen LogP contribution < -0.4 is 5.32 Å². The monoisotopic (exact) mass is 396 g/mol. The Morgan fingerprint density at radius 1 is 1.07 bits per heavy atom. The number of carbonyl (C=O) groups excluding carboxylic acids is 3. The Morgan fingerprint density at radius 2 is 1.63 bits per heavy atom. The molecule has 3 rings (SSSR count). The molecule has 5 nitrogen and oxygen atoms in total. The number of imide groups is 1. The van der Waals surface area contributed by atoms with Crippen molar-refractivity contribution in [2.75, 3.05) is 5.32 Å². The number of amides is 3. The van der Waals surface area contributed by atoms with Crippen LogP contribution in [-0.2, 0) is 11.0 Å². The molecule has 1 heterocycles. The zero-order chi connectivity index (χ0) is 19.9. The fourth-order valence-electron chi connectivity index (χ4n) is 2.71. The molecule has 3 amide bonds. The number of carbonyl (C=O) groups is 3. The smallest absolute Gasteiger partial charge is 0.323 e. The van der Waals surface area contributed by atoms with Gasteiger partial charge in [-0.2, -0.15) is 13.2 Å². The molecule has 0 aliphatic carbocycles. The lowest BCUT2D eigenvalue weighted by Crippen LogP contribution is -2.45. The number of alkyl halides is 3. The first-order valence-corrected chi connectivity index (χ1v) is 8.13. The maximum atomic E-state index is 12.8. The molecule has 27 heavy (non-hydrogen) atoms. The second kappa shape index (κ2) is 6.70. The molecule has 1 aliphatic rings. The molecular weight excluding hydrogens is 385 g/mol. The number of rotatable bonds is 3. The van der Waals surface area contributed by atoms with Gasteiger partial charge in [-0.25, -0.2) is 0 Å². The van der Waals surface area contributed by atoms with Crippen molar-refractivity contribution in [3.63, 3.8) is 0 Å². The average Bonchev–Trinajstić information content (AvgIpc) is 2.86. The second-order valence-electron chi connectivity index (χ2n) is 5.88. The zero-order valence-corrected chi connectivity index (χ0v) is 14.6. The van der Waals surface area contributed by atoms with Crippen LogP contribution in [0.15, 0.2) is 42.5 Å². The number of halogens is 4. The van der Waals surface area contributed by atoms with Gasteiger partial charge >= 0.3 is 6.18 Å². The number of hydrogen-bond donors (Lipinski definition) is 1. The molecule has 1 aliphatic heterocycles. The minimum atomic E-state index is -4.61. The lowest BCUT2D eigenvalue weighted by molar-refractivity contribution is -0.137. The van der Waals surface area contributed by atoms with Crippen LogP contribution in [0.3, 0.4) is 0 Å². The Hall–Kier alpha value is -2.87. The van der Waals surface area contributed by atoms with Crippen molar-refractivity contribution >= 4 is 35.0 Å². The van der Waals surface area contributed by atoms with Crippen molar-refractivity contribution in [1.29, 1.82) is 0 Å². The van der Waals surface area contributed by atoms with E-state index in [1.54, 1.807) is 12.1 Å². The highest BCUT2D eigenvalue weighted by molar-refractivity contribution is 6.34. The van der Waals surface area contributed by atoms with Crippen LogP contribution in [-0.4, -0.2) is 28.7 Å². The van der Waals surface area contributed by atoms with Gasteiger partial charge in [0.25, 0.3) is 11.8 Å². The molecule has 140 valence electrons. The first-order chi connectivity index (χ1) is 12.6. The SMILES string of the molecule is CC(C(=O)Nc1cc(C(F)(F)F)ccc1Cl)N1C(=O)c2ccccc2C1=O. The highest BCUT2D eigenvalue weighted by atomic mass is 35.5. The molecule has 1 N–H and O–H groups in total. The number of benzene rings is 2. The summed E-state index contributed by atoms with van der Waals surface area (Å²) in [7, 11) is 0. The minimum absolute atomic E-state index is 0.106. The predicted molar refractivity (Wildman–Crippen MR) is 91.5 cm³/mol. The molecule has 2 aromatic rings. The van der Waals surface area contributed by atoms with E-state index in [-0.39, 0.29) is 21.8 Å². The van der Waals surface area contributed by atoms with E-state index in [1.807, 2.05) is 0 Å². The summed E-state index contributed by atoms with van der Waals surface area (Å²) in [6.45, 7) is 1.30. The van der Waals surface area contributed by atoms with E-state index < -0.39 is 35.5 Å². The Labute approximate surface area is 156 Å². The number of fused-ring (bicyclic) bond motifs is 1. The summed E-state index contributed by atoms with van der Waals surface area (Å²) in [4.78, 5) is 38.0. The van der Waals surface area contributed by atoms with Crippen molar-refractivity contribution < 1.29 is 27.6 Å². The third kappa shape index (κ3) is 3.40.